The zero-order valence-electron chi connectivity index (χ0n) is 28.0. The van der Waals surface area contributed by atoms with Crippen LogP contribution in [0.15, 0.2) is 0 Å². The molecule has 5 heteroatoms. The van der Waals surface area contributed by atoms with Crippen molar-refractivity contribution in [1.29, 1.82) is 0 Å². The van der Waals surface area contributed by atoms with Gasteiger partial charge >= 0.3 is 5.97 Å². The fourth-order valence-electron chi connectivity index (χ4n) is 5.99. The fourth-order valence-corrected chi connectivity index (χ4v) is 5.99. The van der Waals surface area contributed by atoms with Gasteiger partial charge in [0, 0.05) is 5.56 Å². The number of hydrogen-bond donors (Lipinski definition) is 2. The van der Waals surface area contributed by atoms with Gasteiger partial charge in [0.05, 0.1) is 6.61 Å². The number of carbonyl (C=O) groups is 1. The van der Waals surface area contributed by atoms with E-state index in [1.165, 1.54) is 96.3 Å². The van der Waals surface area contributed by atoms with Crippen molar-refractivity contribution in [2.45, 2.75) is 188 Å². The highest BCUT2D eigenvalue weighted by Gasteiger charge is 2.28. The van der Waals surface area contributed by atoms with Crippen LogP contribution in [-0.2, 0) is 24.2 Å². The van der Waals surface area contributed by atoms with Crippen LogP contribution in [0.5, 0.6) is 11.5 Å². The molecule has 0 unspecified atom stereocenters. The lowest BCUT2D eigenvalue weighted by Crippen LogP contribution is -2.14. The van der Waals surface area contributed by atoms with Crippen LogP contribution in [0.4, 0.5) is 0 Å². The van der Waals surface area contributed by atoms with E-state index in [1.807, 2.05) is 6.92 Å². The van der Waals surface area contributed by atoms with E-state index in [1.54, 1.807) is 0 Å². The van der Waals surface area contributed by atoms with E-state index in [4.69, 9.17) is 9.78 Å². The first-order valence-electron chi connectivity index (χ1n) is 17.9. The lowest BCUT2D eigenvalue weighted by molar-refractivity contribution is -0.207. The minimum absolute atomic E-state index is 0.0253. The molecule has 2 N–H and O–H groups in total. The topological polar surface area (TPSA) is 76.0 Å². The number of phenols is 1. The molecule has 42 heavy (non-hydrogen) atoms. The summed E-state index contributed by atoms with van der Waals surface area (Å²) < 4.78 is 0. The lowest BCUT2D eigenvalue weighted by atomic mass is 9.85. The van der Waals surface area contributed by atoms with Gasteiger partial charge < -0.3 is 15.1 Å². The van der Waals surface area contributed by atoms with Crippen LogP contribution in [0.3, 0.4) is 0 Å². The van der Waals surface area contributed by atoms with Crippen molar-refractivity contribution in [3.05, 3.63) is 22.3 Å². The summed E-state index contributed by atoms with van der Waals surface area (Å²) in [6.45, 7) is 9.12. The number of carboxylic acids is 1. The van der Waals surface area contributed by atoms with Crippen molar-refractivity contribution in [2.75, 3.05) is 6.61 Å². The summed E-state index contributed by atoms with van der Waals surface area (Å²) in [5.41, 5.74) is 2.94. The van der Waals surface area contributed by atoms with E-state index in [0.29, 0.717) is 13.0 Å². The maximum Gasteiger partial charge on any atom is 0.339 e. The van der Waals surface area contributed by atoms with Crippen LogP contribution in [0, 0.1) is 0 Å². The molecule has 0 aromatic heterocycles. The predicted octanol–water partition coefficient (Wildman–Crippen LogP) is 11.7. The molecule has 0 saturated heterocycles. The first-order chi connectivity index (χ1) is 20.5. The van der Waals surface area contributed by atoms with Gasteiger partial charge in [0.2, 0.25) is 5.75 Å². The zero-order valence-corrected chi connectivity index (χ0v) is 28.0. The second-order valence-corrected chi connectivity index (χ2v) is 12.3. The number of aromatic carboxylic acids is 1. The van der Waals surface area contributed by atoms with Crippen molar-refractivity contribution in [3.8, 4) is 11.5 Å². The second-order valence-electron chi connectivity index (χ2n) is 12.3. The maximum atomic E-state index is 12.6. The molecule has 5 nitrogen and oxygen atoms in total. The molecule has 0 fully saturated rings. The minimum Gasteiger partial charge on any atom is -0.504 e. The van der Waals surface area contributed by atoms with E-state index in [9.17, 15) is 15.0 Å². The molecule has 0 aliphatic carbocycles. The number of aromatic hydroxyl groups is 1. The van der Waals surface area contributed by atoms with E-state index in [2.05, 4.69) is 20.8 Å². The van der Waals surface area contributed by atoms with Crippen LogP contribution < -0.4 is 4.89 Å². The molecule has 0 bridgehead atoms. The molecular formula is C37H66O5. The number of rotatable bonds is 29. The average Bonchev–Trinajstić information content (AvgIpc) is 2.97. The highest BCUT2D eigenvalue weighted by molar-refractivity contribution is 5.94. The average molecular weight is 591 g/mol. The number of unbranched alkanes of at least 4 members (excludes halogenated alkanes) is 18. The molecule has 0 aliphatic rings. The summed E-state index contributed by atoms with van der Waals surface area (Å²) in [5, 5.41) is 21.7. The Labute approximate surface area is 259 Å². The molecule has 0 amide bonds. The van der Waals surface area contributed by atoms with Crippen LogP contribution in [-0.4, -0.2) is 22.8 Å². The minimum atomic E-state index is -1.07. The van der Waals surface area contributed by atoms with Gasteiger partial charge in [0.25, 0.3) is 0 Å². The summed E-state index contributed by atoms with van der Waals surface area (Å²) >= 11 is 0. The Kier molecular flexibility index (Phi) is 23.4. The molecule has 0 spiro atoms. The highest BCUT2D eigenvalue weighted by Crippen LogP contribution is 2.42. The normalized spacial score (nSPS) is 11.3. The third-order valence-corrected chi connectivity index (χ3v) is 8.49. The Bertz CT molecular complexity index is 819. The Balaban J connectivity index is 3.27. The molecule has 0 heterocycles. The molecule has 0 saturated carbocycles. The largest absolute Gasteiger partial charge is 0.504 e. The summed E-state index contributed by atoms with van der Waals surface area (Å²) in [6.07, 6.45) is 28.2. The molecule has 0 radical (unpaired) electrons. The predicted molar refractivity (Wildman–Crippen MR) is 177 cm³/mol. The number of carboxylic acid groups (broad SMARTS) is 1. The van der Waals surface area contributed by atoms with Crippen LogP contribution in [0.1, 0.15) is 196 Å². The molecule has 1 aromatic rings. The van der Waals surface area contributed by atoms with Gasteiger partial charge in [-0.15, -0.1) is 0 Å². The summed E-state index contributed by atoms with van der Waals surface area (Å²) in [6, 6.07) is 0. The molecular weight excluding hydrogens is 524 g/mol. The summed E-state index contributed by atoms with van der Waals surface area (Å²) in [7, 11) is 0. The van der Waals surface area contributed by atoms with Gasteiger partial charge in [-0.2, -0.15) is 4.89 Å². The summed E-state index contributed by atoms with van der Waals surface area (Å²) in [5.74, 6) is -1.08. The van der Waals surface area contributed by atoms with Crippen molar-refractivity contribution < 1.29 is 24.8 Å². The Morgan fingerprint density at radius 1 is 0.524 bits per heavy atom. The first-order valence-corrected chi connectivity index (χ1v) is 17.9. The SMILES string of the molecule is CCCCCCCCCc1c(CCCCCCCCC)c(OOCCC)c(O)c(C(=O)O)c1CCCCCCCCC. The lowest BCUT2D eigenvalue weighted by Gasteiger charge is -2.22. The fraction of sp³-hybridized carbons (Fsp3) is 0.811. The van der Waals surface area contributed by atoms with E-state index in [-0.39, 0.29) is 17.1 Å². The van der Waals surface area contributed by atoms with Crippen molar-refractivity contribution in [2.24, 2.45) is 0 Å². The number of benzene rings is 1. The summed E-state index contributed by atoms with van der Waals surface area (Å²) in [4.78, 5) is 23.8. The Hall–Kier alpha value is -1.75. The van der Waals surface area contributed by atoms with E-state index >= 15 is 0 Å². The van der Waals surface area contributed by atoms with Crippen molar-refractivity contribution in [1.82, 2.24) is 0 Å². The van der Waals surface area contributed by atoms with Crippen LogP contribution in [0.25, 0.3) is 0 Å². The van der Waals surface area contributed by atoms with Gasteiger partial charge in [-0.1, -0.05) is 143 Å². The highest BCUT2D eigenvalue weighted by atomic mass is 17.2. The maximum absolute atomic E-state index is 12.6. The standard InChI is InChI=1S/C37H66O5/c1-5-9-12-15-18-21-24-27-31-32(28-25-22-19-16-13-10-6-2)34(37(39)40)35(38)36(42-41-30-8-4)33(31)29-26-23-20-17-14-11-7-3/h38H,5-30H2,1-4H3,(H,39,40). The van der Waals surface area contributed by atoms with Gasteiger partial charge in [-0.05, 0) is 56.1 Å². The van der Waals surface area contributed by atoms with Crippen molar-refractivity contribution >= 4 is 5.97 Å². The third kappa shape index (κ3) is 15.6. The first kappa shape index (κ1) is 38.3. The molecule has 244 valence electrons. The smallest absolute Gasteiger partial charge is 0.339 e. The van der Waals surface area contributed by atoms with E-state index in [0.717, 1.165) is 74.5 Å². The monoisotopic (exact) mass is 590 g/mol. The second kappa shape index (κ2) is 25.7. The third-order valence-electron chi connectivity index (χ3n) is 8.49. The Morgan fingerprint density at radius 3 is 1.31 bits per heavy atom. The molecule has 1 rings (SSSR count). The zero-order chi connectivity index (χ0) is 30.8. The molecule has 0 aliphatic heterocycles. The van der Waals surface area contributed by atoms with Gasteiger partial charge in [-0.3, -0.25) is 0 Å². The number of hydrogen-bond acceptors (Lipinski definition) is 4. The van der Waals surface area contributed by atoms with Crippen LogP contribution >= 0.6 is 0 Å². The van der Waals surface area contributed by atoms with Gasteiger partial charge in [0.1, 0.15) is 5.56 Å². The van der Waals surface area contributed by atoms with Crippen LogP contribution in [0.2, 0.25) is 0 Å². The molecule has 1 aromatic carbocycles. The van der Waals surface area contributed by atoms with Gasteiger partial charge in [-0.25, -0.2) is 4.79 Å². The van der Waals surface area contributed by atoms with Crippen molar-refractivity contribution in [3.63, 3.8) is 0 Å². The van der Waals surface area contributed by atoms with Gasteiger partial charge in [0.15, 0.2) is 5.75 Å². The van der Waals surface area contributed by atoms with E-state index < -0.39 is 5.97 Å². The Morgan fingerprint density at radius 2 is 0.905 bits per heavy atom. The quantitative estimate of drug-likeness (QED) is 0.0551. The molecule has 0 atom stereocenters.